The molecule has 0 radical (unpaired) electrons. The molecule has 0 bridgehead atoms. The Kier molecular flexibility index (Phi) is 4.21. The van der Waals surface area contributed by atoms with Crippen LogP contribution in [-0.4, -0.2) is 30.6 Å². The molecule has 19 heavy (non-hydrogen) atoms. The zero-order valence-corrected chi connectivity index (χ0v) is 11.9. The topological polar surface area (TPSA) is 81.4 Å². The average molecular weight is 327 g/mol. The fourth-order valence-corrected chi connectivity index (χ4v) is 2.29. The number of rotatable bonds is 5. The molecule has 1 aliphatic rings. The molecule has 0 aliphatic carbocycles. The highest BCUT2D eigenvalue weighted by atomic mass is 79.9. The van der Waals surface area contributed by atoms with E-state index >= 15 is 0 Å². The van der Waals surface area contributed by atoms with Crippen molar-refractivity contribution in [3.63, 3.8) is 0 Å². The lowest BCUT2D eigenvalue weighted by atomic mass is 9.92. The van der Waals surface area contributed by atoms with Crippen LogP contribution in [0.1, 0.15) is 12.0 Å². The number of ether oxygens (including phenoxy) is 1. The van der Waals surface area contributed by atoms with Crippen LogP contribution < -0.4 is 11.1 Å². The van der Waals surface area contributed by atoms with Gasteiger partial charge in [0.2, 0.25) is 11.8 Å². The van der Waals surface area contributed by atoms with E-state index in [1.54, 1.807) is 0 Å². The molecule has 1 aromatic rings. The molecule has 1 aromatic carbocycles. The van der Waals surface area contributed by atoms with Gasteiger partial charge in [0.1, 0.15) is 0 Å². The van der Waals surface area contributed by atoms with Gasteiger partial charge in [-0.3, -0.25) is 9.59 Å². The van der Waals surface area contributed by atoms with Crippen molar-refractivity contribution >= 4 is 27.7 Å². The quantitative estimate of drug-likeness (QED) is 0.837. The summed E-state index contributed by atoms with van der Waals surface area (Å²) in [6, 6.07) is 7.52. The largest absolute Gasteiger partial charge is 0.376 e. The zero-order valence-electron chi connectivity index (χ0n) is 10.3. The first-order chi connectivity index (χ1) is 8.99. The van der Waals surface area contributed by atoms with Gasteiger partial charge < -0.3 is 15.8 Å². The number of benzene rings is 1. The minimum absolute atomic E-state index is 0.110. The molecular weight excluding hydrogens is 312 g/mol. The standard InChI is InChI=1S/C13H15BrN2O3/c14-10-3-1-9(2-4-10)5-12(18)16-13(6-11(15)17)7-19-8-13/h1-4H,5-8H2,(H2,15,17)(H,16,18). The molecule has 0 saturated carbocycles. The van der Waals surface area contributed by atoms with Gasteiger partial charge in [0, 0.05) is 4.47 Å². The van der Waals surface area contributed by atoms with Crippen LogP contribution in [0.3, 0.4) is 0 Å². The molecule has 2 rings (SSSR count). The van der Waals surface area contributed by atoms with E-state index in [0.29, 0.717) is 13.2 Å². The number of amides is 2. The maximum Gasteiger partial charge on any atom is 0.225 e. The number of halogens is 1. The molecule has 1 aliphatic heterocycles. The number of primary amides is 1. The lowest BCUT2D eigenvalue weighted by molar-refractivity contribution is -0.137. The molecule has 3 N–H and O–H groups in total. The molecule has 2 amide bonds. The van der Waals surface area contributed by atoms with E-state index in [1.807, 2.05) is 24.3 Å². The van der Waals surface area contributed by atoms with Crippen molar-refractivity contribution in [1.82, 2.24) is 5.32 Å². The lowest BCUT2D eigenvalue weighted by Gasteiger charge is -2.41. The van der Waals surface area contributed by atoms with Gasteiger partial charge in [-0.05, 0) is 17.7 Å². The van der Waals surface area contributed by atoms with E-state index in [2.05, 4.69) is 21.2 Å². The highest BCUT2D eigenvalue weighted by Crippen LogP contribution is 2.21. The van der Waals surface area contributed by atoms with Gasteiger partial charge >= 0.3 is 0 Å². The highest BCUT2D eigenvalue weighted by Gasteiger charge is 2.41. The Bertz CT molecular complexity index is 483. The van der Waals surface area contributed by atoms with E-state index in [-0.39, 0.29) is 18.7 Å². The number of carbonyl (C=O) groups excluding carboxylic acids is 2. The summed E-state index contributed by atoms with van der Waals surface area (Å²) < 4.78 is 6.04. The summed E-state index contributed by atoms with van der Waals surface area (Å²) in [5.74, 6) is -0.570. The van der Waals surface area contributed by atoms with Gasteiger partial charge in [0.05, 0.1) is 31.6 Å². The Morgan fingerprint density at radius 2 is 1.95 bits per heavy atom. The van der Waals surface area contributed by atoms with Crippen LogP contribution in [0, 0.1) is 0 Å². The number of hydrogen-bond donors (Lipinski definition) is 2. The first-order valence-electron chi connectivity index (χ1n) is 5.91. The van der Waals surface area contributed by atoms with Crippen LogP contribution in [0.15, 0.2) is 28.7 Å². The van der Waals surface area contributed by atoms with E-state index in [0.717, 1.165) is 10.0 Å². The van der Waals surface area contributed by atoms with Gasteiger partial charge in [-0.15, -0.1) is 0 Å². The minimum Gasteiger partial charge on any atom is -0.376 e. The molecular formula is C13H15BrN2O3. The first-order valence-corrected chi connectivity index (χ1v) is 6.70. The van der Waals surface area contributed by atoms with Crippen LogP contribution in [0.4, 0.5) is 0 Å². The molecule has 0 atom stereocenters. The summed E-state index contributed by atoms with van der Waals surface area (Å²) in [7, 11) is 0. The summed E-state index contributed by atoms with van der Waals surface area (Å²) in [6.45, 7) is 0.671. The summed E-state index contributed by atoms with van der Waals surface area (Å²) in [4.78, 5) is 23.0. The van der Waals surface area contributed by atoms with E-state index in [1.165, 1.54) is 0 Å². The van der Waals surface area contributed by atoms with Crippen molar-refractivity contribution in [2.75, 3.05) is 13.2 Å². The summed E-state index contributed by atoms with van der Waals surface area (Å²) >= 11 is 3.34. The molecule has 1 heterocycles. The van der Waals surface area contributed by atoms with Gasteiger partial charge in [0.15, 0.2) is 0 Å². The van der Waals surface area contributed by atoms with Gasteiger partial charge in [-0.2, -0.15) is 0 Å². The van der Waals surface area contributed by atoms with Crippen molar-refractivity contribution in [1.29, 1.82) is 0 Å². The Labute approximate surface area is 119 Å². The number of nitrogens with one attached hydrogen (secondary N) is 1. The van der Waals surface area contributed by atoms with Crippen molar-refractivity contribution < 1.29 is 14.3 Å². The van der Waals surface area contributed by atoms with Crippen molar-refractivity contribution in [2.24, 2.45) is 5.73 Å². The zero-order chi connectivity index (χ0) is 13.9. The lowest BCUT2D eigenvalue weighted by Crippen LogP contribution is -2.63. The Morgan fingerprint density at radius 3 is 2.42 bits per heavy atom. The number of carbonyl (C=O) groups is 2. The molecule has 5 nitrogen and oxygen atoms in total. The molecule has 0 spiro atoms. The third-order valence-corrected chi connectivity index (χ3v) is 3.48. The summed E-state index contributed by atoms with van der Waals surface area (Å²) in [6.07, 6.45) is 0.382. The summed E-state index contributed by atoms with van der Waals surface area (Å²) in [5.41, 5.74) is 5.48. The second-order valence-corrected chi connectivity index (χ2v) is 5.68. The SMILES string of the molecule is NC(=O)CC1(NC(=O)Cc2ccc(Br)cc2)COC1. The Hall–Kier alpha value is -1.40. The second kappa shape index (κ2) is 5.71. The van der Waals surface area contributed by atoms with Gasteiger partial charge in [0.25, 0.3) is 0 Å². The highest BCUT2D eigenvalue weighted by molar-refractivity contribution is 9.10. The normalized spacial score (nSPS) is 16.5. The van der Waals surface area contributed by atoms with E-state index in [4.69, 9.17) is 10.5 Å². The Balaban J connectivity index is 1.93. The predicted octanol–water partition coefficient (Wildman–Crippen LogP) is 0.752. The fourth-order valence-electron chi connectivity index (χ4n) is 2.03. The van der Waals surface area contributed by atoms with Crippen LogP contribution in [0.2, 0.25) is 0 Å². The fraction of sp³-hybridized carbons (Fsp3) is 0.385. The van der Waals surface area contributed by atoms with Crippen LogP contribution >= 0.6 is 15.9 Å². The Morgan fingerprint density at radius 1 is 1.32 bits per heavy atom. The van der Waals surface area contributed by atoms with Crippen molar-refractivity contribution in [2.45, 2.75) is 18.4 Å². The molecule has 1 fully saturated rings. The third kappa shape index (κ3) is 3.78. The van der Waals surface area contributed by atoms with Crippen LogP contribution in [-0.2, 0) is 20.7 Å². The number of hydrogen-bond acceptors (Lipinski definition) is 3. The van der Waals surface area contributed by atoms with E-state index < -0.39 is 11.4 Å². The monoisotopic (exact) mass is 326 g/mol. The average Bonchev–Trinajstić information content (AvgIpc) is 2.28. The van der Waals surface area contributed by atoms with E-state index in [9.17, 15) is 9.59 Å². The summed E-state index contributed by atoms with van der Waals surface area (Å²) in [5, 5.41) is 2.85. The van der Waals surface area contributed by atoms with Crippen molar-refractivity contribution in [3.8, 4) is 0 Å². The van der Waals surface area contributed by atoms with Gasteiger partial charge in [-0.25, -0.2) is 0 Å². The molecule has 6 heteroatoms. The first kappa shape index (κ1) is 14.0. The second-order valence-electron chi connectivity index (χ2n) is 4.77. The smallest absolute Gasteiger partial charge is 0.225 e. The molecule has 1 saturated heterocycles. The maximum atomic E-state index is 12.0. The molecule has 0 aromatic heterocycles. The van der Waals surface area contributed by atoms with Gasteiger partial charge in [-0.1, -0.05) is 28.1 Å². The minimum atomic E-state index is -0.613. The molecule has 102 valence electrons. The molecule has 0 unspecified atom stereocenters. The van der Waals surface area contributed by atoms with Crippen molar-refractivity contribution in [3.05, 3.63) is 34.3 Å². The third-order valence-electron chi connectivity index (χ3n) is 2.95. The van der Waals surface area contributed by atoms with Crippen LogP contribution in [0.25, 0.3) is 0 Å². The van der Waals surface area contributed by atoms with Crippen LogP contribution in [0.5, 0.6) is 0 Å². The maximum absolute atomic E-state index is 12.0. The predicted molar refractivity (Wildman–Crippen MR) is 73.4 cm³/mol. The number of nitrogens with two attached hydrogens (primary N) is 1.